The van der Waals surface area contributed by atoms with E-state index in [0.717, 1.165) is 5.56 Å². The van der Waals surface area contributed by atoms with Gasteiger partial charge in [0, 0.05) is 12.6 Å². The lowest BCUT2D eigenvalue weighted by Crippen LogP contribution is -2.27. The van der Waals surface area contributed by atoms with Gasteiger partial charge in [0.1, 0.15) is 11.4 Å². The Hall–Kier alpha value is -1.42. The third-order valence-electron chi connectivity index (χ3n) is 2.57. The minimum atomic E-state index is -0.445. The standard InChI is InChI=1S/C15H22FNO2/c1-11(12-5-7-13(16)8-6-12)17-10-9-14(18)19-15(2,3)4/h5-8,11,17H,9-10H2,1-4H3/t11-/m0/s1. The Morgan fingerprint density at radius 3 is 2.42 bits per heavy atom. The van der Waals surface area contributed by atoms with Gasteiger partial charge in [-0.25, -0.2) is 4.39 Å². The Balaban J connectivity index is 2.33. The van der Waals surface area contributed by atoms with Crippen molar-refractivity contribution < 1.29 is 13.9 Å². The largest absolute Gasteiger partial charge is 0.460 e. The van der Waals surface area contributed by atoms with Crippen molar-refractivity contribution in [3.05, 3.63) is 35.6 Å². The molecule has 0 saturated carbocycles. The summed E-state index contributed by atoms with van der Waals surface area (Å²) in [5.41, 5.74) is 0.547. The fourth-order valence-corrected chi connectivity index (χ4v) is 1.65. The minimum Gasteiger partial charge on any atom is -0.460 e. The summed E-state index contributed by atoms with van der Waals surface area (Å²) >= 11 is 0. The van der Waals surface area contributed by atoms with Crippen LogP contribution in [-0.2, 0) is 9.53 Å². The van der Waals surface area contributed by atoms with Crippen LogP contribution in [0, 0.1) is 5.82 Å². The molecular formula is C15H22FNO2. The van der Waals surface area contributed by atoms with Gasteiger partial charge in [0.05, 0.1) is 6.42 Å². The third kappa shape index (κ3) is 6.34. The summed E-state index contributed by atoms with van der Waals surface area (Å²) in [5, 5.41) is 3.21. The molecule has 0 fully saturated rings. The topological polar surface area (TPSA) is 38.3 Å². The van der Waals surface area contributed by atoms with Gasteiger partial charge >= 0.3 is 5.97 Å². The number of esters is 1. The van der Waals surface area contributed by atoms with Crippen LogP contribution in [0.4, 0.5) is 4.39 Å². The number of hydrogen-bond donors (Lipinski definition) is 1. The number of hydrogen-bond acceptors (Lipinski definition) is 3. The van der Waals surface area contributed by atoms with E-state index in [1.165, 1.54) is 12.1 Å². The monoisotopic (exact) mass is 267 g/mol. The first-order valence-electron chi connectivity index (χ1n) is 6.48. The summed E-state index contributed by atoms with van der Waals surface area (Å²) in [5.74, 6) is -0.462. The lowest BCUT2D eigenvalue weighted by atomic mass is 10.1. The van der Waals surface area contributed by atoms with E-state index in [2.05, 4.69) is 5.32 Å². The van der Waals surface area contributed by atoms with Gasteiger partial charge in [-0.05, 0) is 45.4 Å². The van der Waals surface area contributed by atoms with E-state index in [1.54, 1.807) is 12.1 Å². The van der Waals surface area contributed by atoms with Gasteiger partial charge in [0.25, 0.3) is 0 Å². The first kappa shape index (κ1) is 15.6. The highest BCUT2D eigenvalue weighted by molar-refractivity contribution is 5.70. The minimum absolute atomic E-state index is 0.0723. The van der Waals surface area contributed by atoms with Gasteiger partial charge in [0.2, 0.25) is 0 Å². The zero-order valence-corrected chi connectivity index (χ0v) is 12.0. The molecule has 0 amide bonds. The van der Waals surface area contributed by atoms with E-state index in [9.17, 15) is 9.18 Å². The number of benzene rings is 1. The second-order valence-electron chi connectivity index (χ2n) is 5.56. The van der Waals surface area contributed by atoms with E-state index in [-0.39, 0.29) is 17.8 Å². The van der Waals surface area contributed by atoms with E-state index in [1.807, 2.05) is 27.7 Å². The quantitative estimate of drug-likeness (QED) is 0.832. The van der Waals surface area contributed by atoms with Gasteiger partial charge in [-0.2, -0.15) is 0 Å². The van der Waals surface area contributed by atoms with E-state index in [0.29, 0.717) is 13.0 Å². The highest BCUT2D eigenvalue weighted by Crippen LogP contribution is 2.13. The molecule has 106 valence electrons. The van der Waals surface area contributed by atoms with Crippen LogP contribution in [0.25, 0.3) is 0 Å². The van der Waals surface area contributed by atoms with Gasteiger partial charge in [-0.3, -0.25) is 4.79 Å². The summed E-state index contributed by atoms with van der Waals surface area (Å²) in [7, 11) is 0. The summed E-state index contributed by atoms with van der Waals surface area (Å²) in [6, 6.07) is 6.41. The van der Waals surface area contributed by atoms with Crippen LogP contribution in [0.2, 0.25) is 0 Å². The average Bonchev–Trinajstić information content (AvgIpc) is 2.27. The molecule has 0 aliphatic rings. The Morgan fingerprint density at radius 2 is 1.89 bits per heavy atom. The highest BCUT2D eigenvalue weighted by atomic mass is 19.1. The SMILES string of the molecule is C[C@H](NCCC(=O)OC(C)(C)C)c1ccc(F)cc1. The number of carbonyl (C=O) groups excluding carboxylic acids is 1. The van der Waals surface area contributed by atoms with Gasteiger partial charge in [-0.1, -0.05) is 12.1 Å². The molecule has 1 aromatic carbocycles. The molecule has 0 aliphatic heterocycles. The summed E-state index contributed by atoms with van der Waals surface area (Å²) in [6.45, 7) is 8.05. The van der Waals surface area contributed by atoms with Crippen LogP contribution in [0.5, 0.6) is 0 Å². The van der Waals surface area contributed by atoms with Crippen molar-refractivity contribution >= 4 is 5.97 Å². The van der Waals surface area contributed by atoms with Crippen molar-refractivity contribution in [1.29, 1.82) is 0 Å². The average molecular weight is 267 g/mol. The number of ether oxygens (including phenoxy) is 1. The molecule has 1 atom stereocenters. The maximum atomic E-state index is 12.8. The molecule has 0 unspecified atom stereocenters. The Labute approximate surface area is 114 Å². The van der Waals surface area contributed by atoms with Gasteiger partial charge in [0.15, 0.2) is 0 Å². The summed E-state index contributed by atoms with van der Waals surface area (Å²) < 4.78 is 18.0. The van der Waals surface area contributed by atoms with Crippen molar-refractivity contribution in [2.75, 3.05) is 6.54 Å². The van der Waals surface area contributed by atoms with Crippen molar-refractivity contribution in [2.24, 2.45) is 0 Å². The van der Waals surface area contributed by atoms with E-state index >= 15 is 0 Å². The number of rotatable bonds is 5. The third-order valence-corrected chi connectivity index (χ3v) is 2.57. The lowest BCUT2D eigenvalue weighted by molar-refractivity contribution is -0.154. The fraction of sp³-hybridized carbons (Fsp3) is 0.533. The molecule has 1 rings (SSSR count). The van der Waals surface area contributed by atoms with Crippen molar-refractivity contribution in [3.63, 3.8) is 0 Å². The Bertz CT molecular complexity index is 409. The van der Waals surface area contributed by atoms with Crippen LogP contribution in [0.3, 0.4) is 0 Å². The molecular weight excluding hydrogens is 245 g/mol. The van der Waals surface area contributed by atoms with Crippen LogP contribution < -0.4 is 5.32 Å². The van der Waals surface area contributed by atoms with Crippen LogP contribution in [0.15, 0.2) is 24.3 Å². The lowest BCUT2D eigenvalue weighted by Gasteiger charge is -2.20. The molecule has 0 bridgehead atoms. The maximum absolute atomic E-state index is 12.8. The molecule has 1 N–H and O–H groups in total. The first-order chi connectivity index (χ1) is 8.78. The van der Waals surface area contributed by atoms with Gasteiger partial charge in [-0.15, -0.1) is 0 Å². The molecule has 19 heavy (non-hydrogen) atoms. The van der Waals surface area contributed by atoms with E-state index in [4.69, 9.17) is 4.74 Å². The second kappa shape index (κ2) is 6.66. The second-order valence-corrected chi connectivity index (χ2v) is 5.56. The Kier molecular flexibility index (Phi) is 5.48. The molecule has 4 heteroatoms. The molecule has 0 radical (unpaired) electrons. The smallest absolute Gasteiger partial charge is 0.307 e. The molecule has 1 aromatic rings. The normalized spacial score (nSPS) is 13.1. The predicted octanol–water partition coefficient (Wildman–Crippen LogP) is 3.21. The fourth-order valence-electron chi connectivity index (χ4n) is 1.65. The van der Waals surface area contributed by atoms with Crippen molar-refractivity contribution in [1.82, 2.24) is 5.32 Å². The van der Waals surface area contributed by atoms with Crippen molar-refractivity contribution in [2.45, 2.75) is 45.8 Å². The molecule has 0 aromatic heterocycles. The van der Waals surface area contributed by atoms with Crippen molar-refractivity contribution in [3.8, 4) is 0 Å². The first-order valence-corrected chi connectivity index (χ1v) is 6.48. The number of halogens is 1. The van der Waals surface area contributed by atoms with E-state index < -0.39 is 5.60 Å². The highest BCUT2D eigenvalue weighted by Gasteiger charge is 2.16. The van der Waals surface area contributed by atoms with Crippen LogP contribution in [0.1, 0.15) is 45.7 Å². The molecule has 0 saturated heterocycles. The molecule has 0 aliphatic carbocycles. The summed E-state index contributed by atoms with van der Waals surface area (Å²) in [6.07, 6.45) is 0.322. The molecule has 0 spiro atoms. The number of carbonyl (C=O) groups is 1. The van der Waals surface area contributed by atoms with Crippen LogP contribution >= 0.6 is 0 Å². The van der Waals surface area contributed by atoms with Crippen LogP contribution in [-0.4, -0.2) is 18.1 Å². The number of nitrogens with one attached hydrogen (secondary N) is 1. The molecule has 0 heterocycles. The zero-order chi connectivity index (χ0) is 14.5. The zero-order valence-electron chi connectivity index (χ0n) is 12.0. The predicted molar refractivity (Wildman–Crippen MR) is 73.3 cm³/mol. The summed E-state index contributed by atoms with van der Waals surface area (Å²) in [4.78, 5) is 11.5. The Morgan fingerprint density at radius 1 is 1.32 bits per heavy atom. The molecule has 3 nitrogen and oxygen atoms in total. The maximum Gasteiger partial charge on any atom is 0.307 e. The van der Waals surface area contributed by atoms with Gasteiger partial charge < -0.3 is 10.1 Å².